The van der Waals surface area contributed by atoms with Crippen molar-refractivity contribution in [1.82, 2.24) is 0 Å². The molecule has 0 spiro atoms. The van der Waals surface area contributed by atoms with E-state index in [1.54, 1.807) is 0 Å². The van der Waals surface area contributed by atoms with Crippen molar-refractivity contribution < 1.29 is 14.9 Å². The predicted octanol–water partition coefficient (Wildman–Crippen LogP) is 2.27. The molecule has 0 aliphatic rings. The van der Waals surface area contributed by atoms with E-state index in [4.69, 9.17) is 14.9 Å². The second-order valence-corrected chi connectivity index (χ2v) is 4.06. The third-order valence-corrected chi connectivity index (χ3v) is 2.56. The van der Waals surface area contributed by atoms with Crippen LogP contribution in [0.3, 0.4) is 0 Å². The summed E-state index contributed by atoms with van der Waals surface area (Å²) in [5.41, 5.74) is 0. The fourth-order valence-electron chi connectivity index (χ4n) is 1.51. The molecule has 0 fully saturated rings. The lowest BCUT2D eigenvalue weighted by Gasteiger charge is -2.11. The van der Waals surface area contributed by atoms with Gasteiger partial charge in [0.25, 0.3) is 0 Å². The Balaban J connectivity index is 3.06. The standard InChI is InChI=1S/C13H26O3/c1-2-3-4-5-6-7-8-9-10-16-13(11-14)12-15/h2,13-15H,1,3-12H2. The molecule has 16 heavy (non-hydrogen) atoms. The quantitative estimate of drug-likeness (QED) is 0.399. The predicted molar refractivity (Wildman–Crippen MR) is 66.4 cm³/mol. The van der Waals surface area contributed by atoms with Gasteiger partial charge in [-0.1, -0.05) is 31.8 Å². The minimum absolute atomic E-state index is 0.0992. The minimum Gasteiger partial charge on any atom is -0.394 e. The summed E-state index contributed by atoms with van der Waals surface area (Å²) in [7, 11) is 0. The Morgan fingerprint density at radius 1 is 0.938 bits per heavy atom. The van der Waals surface area contributed by atoms with E-state index < -0.39 is 6.10 Å². The van der Waals surface area contributed by atoms with Crippen LogP contribution in [0, 0.1) is 0 Å². The van der Waals surface area contributed by atoms with Crippen LogP contribution in [0.4, 0.5) is 0 Å². The maximum Gasteiger partial charge on any atom is 0.104 e. The van der Waals surface area contributed by atoms with Crippen LogP contribution in [0.5, 0.6) is 0 Å². The minimum atomic E-state index is -0.396. The van der Waals surface area contributed by atoms with Gasteiger partial charge in [0.05, 0.1) is 13.2 Å². The maximum absolute atomic E-state index is 8.76. The molecule has 0 bridgehead atoms. The van der Waals surface area contributed by atoms with Gasteiger partial charge in [-0.05, 0) is 19.3 Å². The molecule has 0 saturated carbocycles. The van der Waals surface area contributed by atoms with Gasteiger partial charge in [-0.25, -0.2) is 0 Å². The molecule has 0 saturated heterocycles. The maximum atomic E-state index is 8.76. The highest BCUT2D eigenvalue weighted by atomic mass is 16.5. The molecule has 0 amide bonds. The van der Waals surface area contributed by atoms with Gasteiger partial charge in [0.1, 0.15) is 6.10 Å². The largest absolute Gasteiger partial charge is 0.394 e. The molecule has 0 unspecified atom stereocenters. The van der Waals surface area contributed by atoms with Crippen molar-refractivity contribution in [1.29, 1.82) is 0 Å². The van der Waals surface area contributed by atoms with Crippen LogP contribution in [0.1, 0.15) is 44.9 Å². The Morgan fingerprint density at radius 3 is 2.06 bits per heavy atom. The highest BCUT2D eigenvalue weighted by molar-refractivity contribution is 4.65. The van der Waals surface area contributed by atoms with Crippen molar-refractivity contribution in [2.75, 3.05) is 19.8 Å². The molecular weight excluding hydrogens is 204 g/mol. The second-order valence-electron chi connectivity index (χ2n) is 4.06. The van der Waals surface area contributed by atoms with E-state index in [2.05, 4.69) is 6.58 Å². The number of unbranched alkanes of at least 4 members (excludes halogenated alkanes) is 6. The molecule has 0 atom stereocenters. The van der Waals surface area contributed by atoms with E-state index in [1.165, 1.54) is 25.7 Å². The van der Waals surface area contributed by atoms with Gasteiger partial charge in [0.15, 0.2) is 0 Å². The van der Waals surface area contributed by atoms with Crippen molar-refractivity contribution in [2.45, 2.75) is 51.0 Å². The van der Waals surface area contributed by atoms with Gasteiger partial charge in [-0.15, -0.1) is 6.58 Å². The van der Waals surface area contributed by atoms with E-state index in [0.717, 1.165) is 19.3 Å². The molecule has 0 aliphatic carbocycles. The van der Waals surface area contributed by atoms with Gasteiger partial charge in [-0.3, -0.25) is 0 Å². The number of allylic oxidation sites excluding steroid dienone is 1. The molecular formula is C13H26O3. The monoisotopic (exact) mass is 230 g/mol. The highest BCUT2D eigenvalue weighted by Gasteiger charge is 2.04. The van der Waals surface area contributed by atoms with E-state index in [9.17, 15) is 0 Å². The van der Waals surface area contributed by atoms with E-state index >= 15 is 0 Å². The lowest BCUT2D eigenvalue weighted by atomic mass is 10.1. The first kappa shape index (κ1) is 15.6. The van der Waals surface area contributed by atoms with Gasteiger partial charge in [-0.2, -0.15) is 0 Å². The highest BCUT2D eigenvalue weighted by Crippen LogP contribution is 2.07. The fourth-order valence-corrected chi connectivity index (χ4v) is 1.51. The summed E-state index contributed by atoms with van der Waals surface area (Å²) < 4.78 is 5.27. The van der Waals surface area contributed by atoms with Gasteiger partial charge < -0.3 is 14.9 Å². The summed E-state index contributed by atoms with van der Waals surface area (Å²) in [5, 5.41) is 17.5. The molecule has 0 aliphatic heterocycles. The molecule has 3 heteroatoms. The van der Waals surface area contributed by atoms with Crippen LogP contribution >= 0.6 is 0 Å². The number of aliphatic hydroxyl groups excluding tert-OH is 2. The molecule has 0 aromatic carbocycles. The summed E-state index contributed by atoms with van der Waals surface area (Å²) in [4.78, 5) is 0. The van der Waals surface area contributed by atoms with Crippen molar-refractivity contribution in [3.8, 4) is 0 Å². The van der Waals surface area contributed by atoms with Gasteiger partial charge >= 0.3 is 0 Å². The van der Waals surface area contributed by atoms with E-state index in [0.29, 0.717) is 6.61 Å². The van der Waals surface area contributed by atoms with Crippen molar-refractivity contribution in [3.05, 3.63) is 12.7 Å². The number of hydrogen-bond acceptors (Lipinski definition) is 3. The van der Waals surface area contributed by atoms with E-state index in [-0.39, 0.29) is 13.2 Å². The number of hydrogen-bond donors (Lipinski definition) is 2. The van der Waals surface area contributed by atoms with Crippen molar-refractivity contribution >= 4 is 0 Å². The van der Waals surface area contributed by atoms with Crippen LogP contribution in [0.15, 0.2) is 12.7 Å². The molecule has 96 valence electrons. The lowest BCUT2D eigenvalue weighted by Crippen LogP contribution is -2.22. The van der Waals surface area contributed by atoms with E-state index in [1.807, 2.05) is 6.08 Å². The SMILES string of the molecule is C=CCCCCCCCCOC(CO)CO. The first-order valence-corrected chi connectivity index (χ1v) is 6.29. The summed E-state index contributed by atoms with van der Waals surface area (Å²) in [6.07, 6.45) is 9.92. The number of rotatable bonds is 12. The molecule has 2 N–H and O–H groups in total. The number of aliphatic hydroxyl groups is 2. The Labute approximate surface area is 99.1 Å². The van der Waals surface area contributed by atoms with Gasteiger partial charge in [0.2, 0.25) is 0 Å². The summed E-state index contributed by atoms with van der Waals surface area (Å²) in [5.74, 6) is 0. The Hall–Kier alpha value is -0.380. The topological polar surface area (TPSA) is 49.7 Å². The van der Waals surface area contributed by atoms with Crippen LogP contribution in [0.2, 0.25) is 0 Å². The van der Waals surface area contributed by atoms with Crippen LogP contribution < -0.4 is 0 Å². The molecule has 0 aromatic rings. The summed E-state index contributed by atoms with van der Waals surface area (Å²) in [6, 6.07) is 0. The van der Waals surface area contributed by atoms with Crippen LogP contribution in [-0.4, -0.2) is 36.1 Å². The zero-order valence-electron chi connectivity index (χ0n) is 10.2. The molecule has 3 nitrogen and oxygen atoms in total. The van der Waals surface area contributed by atoms with Crippen molar-refractivity contribution in [3.63, 3.8) is 0 Å². The molecule has 0 aromatic heterocycles. The second kappa shape index (κ2) is 12.7. The normalized spacial score (nSPS) is 10.9. The molecule has 0 heterocycles. The zero-order chi connectivity index (χ0) is 12.1. The Bertz CT molecular complexity index is 144. The summed E-state index contributed by atoms with van der Waals surface area (Å²) >= 11 is 0. The number of ether oxygens (including phenoxy) is 1. The lowest BCUT2D eigenvalue weighted by molar-refractivity contribution is -0.0208. The smallest absolute Gasteiger partial charge is 0.104 e. The van der Waals surface area contributed by atoms with Gasteiger partial charge in [0, 0.05) is 6.61 Å². The molecule has 0 radical (unpaired) electrons. The molecule has 0 rings (SSSR count). The third kappa shape index (κ3) is 10.1. The van der Waals surface area contributed by atoms with Crippen molar-refractivity contribution in [2.24, 2.45) is 0 Å². The fraction of sp³-hybridized carbons (Fsp3) is 0.846. The average Bonchev–Trinajstić information content (AvgIpc) is 2.32. The summed E-state index contributed by atoms with van der Waals surface area (Å²) in [6.45, 7) is 4.13. The third-order valence-electron chi connectivity index (χ3n) is 2.56. The zero-order valence-corrected chi connectivity index (χ0v) is 10.2. The Morgan fingerprint density at radius 2 is 1.50 bits per heavy atom. The average molecular weight is 230 g/mol. The first-order valence-electron chi connectivity index (χ1n) is 6.29. The van der Waals surface area contributed by atoms with Crippen LogP contribution in [-0.2, 0) is 4.74 Å². The Kier molecular flexibility index (Phi) is 12.4. The van der Waals surface area contributed by atoms with Crippen LogP contribution in [0.25, 0.3) is 0 Å². The first-order chi connectivity index (χ1) is 7.85.